The van der Waals surface area contributed by atoms with E-state index in [0.717, 1.165) is 17.8 Å². The van der Waals surface area contributed by atoms with Crippen LogP contribution in [0.15, 0.2) is 42.6 Å². The van der Waals surface area contributed by atoms with Gasteiger partial charge in [-0.05, 0) is 51.1 Å². The Labute approximate surface area is 172 Å². The molecular weight excluding hydrogens is 403 g/mol. The first kappa shape index (κ1) is 24.7. The Kier molecular flexibility index (Phi) is 8.63. The second-order valence-electron chi connectivity index (χ2n) is 6.43. The van der Waals surface area contributed by atoms with Crippen molar-refractivity contribution in [3.05, 3.63) is 42.6 Å². The monoisotopic (exact) mass is 427 g/mol. The van der Waals surface area contributed by atoms with Crippen LogP contribution in [0.1, 0.15) is 20.8 Å². The van der Waals surface area contributed by atoms with Gasteiger partial charge < -0.3 is 24.5 Å². The molecule has 1 aromatic carbocycles. The number of anilines is 2. The summed E-state index contributed by atoms with van der Waals surface area (Å²) in [6, 6.07) is 8.43. The minimum atomic E-state index is -4.76. The molecule has 1 N–H and O–H groups in total. The van der Waals surface area contributed by atoms with Crippen LogP contribution in [0.2, 0.25) is 0 Å². The first-order chi connectivity index (χ1) is 14.0. The Bertz CT molecular complexity index is 827. The third-order valence-electron chi connectivity index (χ3n) is 4.14. The van der Waals surface area contributed by atoms with Crippen LogP contribution < -0.4 is 19.7 Å². The van der Waals surface area contributed by atoms with Crippen molar-refractivity contribution in [3.63, 3.8) is 0 Å². The number of amides is 1. The number of benzene rings is 1. The number of alkyl halides is 3. The number of nitrogens with one attached hydrogen (secondary N) is 1. The molecule has 7 nitrogen and oxygen atoms in total. The van der Waals surface area contributed by atoms with E-state index in [-0.39, 0.29) is 11.7 Å². The number of hydrogen-bond donors (Lipinski definition) is 1. The number of hydrogen-bond acceptors (Lipinski definition) is 6. The Morgan fingerprint density at radius 1 is 1.17 bits per heavy atom. The summed E-state index contributed by atoms with van der Waals surface area (Å²) < 4.78 is 45.9. The van der Waals surface area contributed by atoms with Crippen LogP contribution >= 0.6 is 0 Å². The third kappa shape index (κ3) is 6.94. The number of likely N-dealkylation sites (N-methyl/N-ethyl adjacent to an activating group) is 1. The summed E-state index contributed by atoms with van der Waals surface area (Å²) in [6.07, 6.45) is -3.18. The Morgan fingerprint density at radius 3 is 2.30 bits per heavy atom. The molecule has 164 valence electrons. The van der Waals surface area contributed by atoms with Crippen LogP contribution in [0.5, 0.6) is 11.6 Å². The molecule has 1 amide bonds. The maximum Gasteiger partial charge on any atom is 0.573 e. The fourth-order valence-electron chi connectivity index (χ4n) is 2.33. The van der Waals surface area contributed by atoms with Gasteiger partial charge >= 0.3 is 6.36 Å². The number of carbonyl (C=O) groups is 2. The van der Waals surface area contributed by atoms with Gasteiger partial charge in [-0.15, -0.1) is 13.2 Å². The zero-order valence-corrected chi connectivity index (χ0v) is 17.1. The Hall–Kier alpha value is -3.30. The van der Waals surface area contributed by atoms with E-state index in [2.05, 4.69) is 15.0 Å². The van der Waals surface area contributed by atoms with E-state index in [1.165, 1.54) is 12.1 Å². The lowest BCUT2D eigenvalue weighted by molar-refractivity contribution is -0.274. The van der Waals surface area contributed by atoms with E-state index in [0.29, 0.717) is 18.2 Å². The summed E-state index contributed by atoms with van der Waals surface area (Å²) in [5, 5.41) is 2.70. The minimum absolute atomic E-state index is 0.339. The molecule has 0 saturated carbocycles. The average molecular weight is 427 g/mol. The number of rotatable bonds is 7. The fraction of sp³-hybridized carbons (Fsp3) is 0.350. The first-order valence-electron chi connectivity index (χ1n) is 8.81. The maximum atomic E-state index is 12.8. The van der Waals surface area contributed by atoms with E-state index in [4.69, 9.17) is 9.53 Å². The molecule has 0 bridgehead atoms. The zero-order valence-electron chi connectivity index (χ0n) is 17.1. The van der Waals surface area contributed by atoms with Crippen molar-refractivity contribution in [2.24, 2.45) is 0 Å². The summed E-state index contributed by atoms with van der Waals surface area (Å²) >= 11 is 0. The highest BCUT2D eigenvalue weighted by Crippen LogP contribution is 2.27. The van der Waals surface area contributed by atoms with Crippen molar-refractivity contribution in [1.82, 2.24) is 4.98 Å². The zero-order chi connectivity index (χ0) is 22.9. The maximum absolute atomic E-state index is 12.8. The van der Waals surface area contributed by atoms with Crippen LogP contribution in [0, 0.1) is 0 Å². The molecule has 0 saturated heterocycles. The summed E-state index contributed by atoms with van der Waals surface area (Å²) in [5.74, 6) is -0.250. The topological polar surface area (TPSA) is 80.8 Å². The van der Waals surface area contributed by atoms with E-state index in [9.17, 15) is 18.0 Å². The number of halogens is 3. The lowest BCUT2D eigenvalue weighted by Crippen LogP contribution is -2.51. The number of carbonyl (C=O) groups excluding carboxylic acids is 2. The molecule has 2 aromatic rings. The molecule has 0 atom stereocenters. The van der Waals surface area contributed by atoms with Crippen molar-refractivity contribution in [1.29, 1.82) is 0 Å². The smallest absolute Gasteiger partial charge is 0.478 e. The van der Waals surface area contributed by atoms with Gasteiger partial charge in [0.1, 0.15) is 18.1 Å². The molecule has 0 aliphatic rings. The Balaban J connectivity index is 0.00000218. The van der Waals surface area contributed by atoms with Crippen LogP contribution in [-0.4, -0.2) is 43.2 Å². The summed E-state index contributed by atoms with van der Waals surface area (Å²) in [4.78, 5) is 26.6. The quantitative estimate of drug-likeness (QED) is 0.718. The molecule has 2 rings (SSSR count). The second kappa shape index (κ2) is 10.5. The van der Waals surface area contributed by atoms with E-state index in [1.807, 2.05) is 13.7 Å². The molecule has 0 fully saturated rings. The summed E-state index contributed by atoms with van der Waals surface area (Å²) in [5.41, 5.74) is 0.115. The predicted octanol–water partition coefficient (Wildman–Crippen LogP) is 4.05. The lowest BCUT2D eigenvalue weighted by atomic mass is 10.0. The molecule has 0 spiro atoms. The van der Waals surface area contributed by atoms with Gasteiger partial charge in [0.05, 0.1) is 6.61 Å². The van der Waals surface area contributed by atoms with Gasteiger partial charge in [-0.25, -0.2) is 4.98 Å². The molecule has 10 heteroatoms. The highest BCUT2D eigenvalue weighted by Gasteiger charge is 2.33. The second-order valence-corrected chi connectivity index (χ2v) is 6.43. The van der Waals surface area contributed by atoms with Gasteiger partial charge in [-0.3, -0.25) is 4.79 Å². The molecule has 1 heterocycles. The predicted molar refractivity (Wildman–Crippen MR) is 107 cm³/mol. The number of ether oxygens (including phenoxy) is 2. The van der Waals surface area contributed by atoms with Crippen LogP contribution in [-0.2, 0) is 9.59 Å². The van der Waals surface area contributed by atoms with Gasteiger partial charge in [-0.2, -0.15) is 0 Å². The lowest BCUT2D eigenvalue weighted by Gasteiger charge is -2.36. The molecule has 30 heavy (non-hydrogen) atoms. The SMILES string of the molecule is C=O.CCOc1cc(N(C)C(C)(C)C(=O)Nc2ccc(OC(F)(F)F)cc2)ccn1. The van der Waals surface area contributed by atoms with Crippen molar-refractivity contribution in [2.75, 3.05) is 23.9 Å². The van der Waals surface area contributed by atoms with Gasteiger partial charge in [0, 0.05) is 30.7 Å². The van der Waals surface area contributed by atoms with Crippen molar-refractivity contribution >= 4 is 24.1 Å². The van der Waals surface area contributed by atoms with E-state index >= 15 is 0 Å². The molecule has 1 aromatic heterocycles. The fourth-order valence-corrected chi connectivity index (χ4v) is 2.33. The van der Waals surface area contributed by atoms with Gasteiger partial charge in [0.25, 0.3) is 0 Å². The Morgan fingerprint density at radius 2 is 1.77 bits per heavy atom. The number of aromatic nitrogens is 1. The molecule has 0 aliphatic carbocycles. The van der Waals surface area contributed by atoms with E-state index < -0.39 is 11.9 Å². The largest absolute Gasteiger partial charge is 0.573 e. The molecular formula is C20H24F3N3O4. The van der Waals surface area contributed by atoms with Crippen molar-refractivity contribution in [2.45, 2.75) is 32.7 Å². The third-order valence-corrected chi connectivity index (χ3v) is 4.14. The highest BCUT2D eigenvalue weighted by atomic mass is 19.4. The van der Waals surface area contributed by atoms with Crippen molar-refractivity contribution < 1.29 is 32.2 Å². The van der Waals surface area contributed by atoms with E-state index in [1.54, 1.807) is 44.1 Å². The molecule has 0 radical (unpaired) electrons. The van der Waals surface area contributed by atoms with Crippen molar-refractivity contribution in [3.8, 4) is 11.6 Å². The average Bonchev–Trinajstić information content (AvgIpc) is 2.69. The first-order valence-corrected chi connectivity index (χ1v) is 8.81. The van der Waals surface area contributed by atoms with Gasteiger partial charge in [0.15, 0.2) is 0 Å². The minimum Gasteiger partial charge on any atom is -0.478 e. The number of pyridine rings is 1. The van der Waals surface area contributed by atoms with Gasteiger partial charge in [0.2, 0.25) is 11.8 Å². The summed E-state index contributed by atoms with van der Waals surface area (Å²) in [6.45, 7) is 7.77. The normalized spacial score (nSPS) is 11.0. The van der Waals surface area contributed by atoms with Crippen LogP contribution in [0.4, 0.5) is 24.5 Å². The highest BCUT2D eigenvalue weighted by molar-refractivity contribution is 5.99. The van der Waals surface area contributed by atoms with Crippen LogP contribution in [0.25, 0.3) is 0 Å². The molecule has 0 aliphatic heterocycles. The van der Waals surface area contributed by atoms with Crippen LogP contribution in [0.3, 0.4) is 0 Å². The summed E-state index contributed by atoms with van der Waals surface area (Å²) in [7, 11) is 1.75. The number of nitrogens with zero attached hydrogens (tertiary/aromatic N) is 2. The van der Waals surface area contributed by atoms with Gasteiger partial charge in [-0.1, -0.05) is 0 Å². The standard InChI is InChI=1S/C19H22F3N3O3.CH2O/c1-5-27-16-12-14(10-11-23-16)25(4)18(2,3)17(26)24-13-6-8-15(9-7-13)28-19(20,21)22;1-2/h6-12H,5H2,1-4H3,(H,24,26);1H2. The molecule has 0 unspecified atom stereocenters.